The highest BCUT2D eigenvalue weighted by atomic mass is 35.5. The Morgan fingerprint density at radius 3 is 2.04 bits per heavy atom. The van der Waals surface area contributed by atoms with Crippen molar-refractivity contribution in [2.24, 2.45) is 0 Å². The summed E-state index contributed by atoms with van der Waals surface area (Å²) in [7, 11) is 0. The zero-order valence-corrected chi connectivity index (χ0v) is 15.4. The van der Waals surface area contributed by atoms with E-state index in [1.165, 1.54) is 32.7 Å². The second kappa shape index (κ2) is 6.57. The summed E-state index contributed by atoms with van der Waals surface area (Å²) in [6.45, 7) is 0. The highest BCUT2D eigenvalue weighted by molar-refractivity contribution is 6.34. The SMILES string of the molecule is Clc1cccc(-c2ccc3ccccc3c2)c1-c1cccc2ccccc12. The second-order valence-electron chi connectivity index (χ2n) is 6.75. The van der Waals surface area contributed by atoms with Gasteiger partial charge >= 0.3 is 0 Å². The number of hydrogen-bond donors (Lipinski definition) is 0. The van der Waals surface area contributed by atoms with Crippen LogP contribution in [0.4, 0.5) is 0 Å². The quantitative estimate of drug-likeness (QED) is 0.298. The summed E-state index contributed by atoms with van der Waals surface area (Å²) < 4.78 is 0. The van der Waals surface area contributed by atoms with Gasteiger partial charge in [0.15, 0.2) is 0 Å². The number of halogens is 1. The van der Waals surface area contributed by atoms with Gasteiger partial charge in [-0.25, -0.2) is 0 Å². The maximum Gasteiger partial charge on any atom is 0.0490 e. The molecule has 0 bridgehead atoms. The Morgan fingerprint density at radius 1 is 0.481 bits per heavy atom. The van der Waals surface area contributed by atoms with Crippen LogP contribution in [-0.2, 0) is 0 Å². The van der Waals surface area contributed by atoms with Crippen molar-refractivity contribution in [3.8, 4) is 22.3 Å². The standard InChI is InChI=1S/C26H17Cl/c27-25-14-6-12-23(21-16-15-18-7-1-2-9-20(18)17-21)26(25)24-13-5-10-19-8-3-4-11-22(19)24/h1-17H. The number of benzene rings is 5. The smallest absolute Gasteiger partial charge is 0.0490 e. The summed E-state index contributed by atoms with van der Waals surface area (Å²) in [5, 5.41) is 5.69. The molecule has 0 aliphatic rings. The molecule has 0 unspecified atom stereocenters. The van der Waals surface area contributed by atoms with E-state index in [0.29, 0.717) is 0 Å². The Labute approximate surface area is 163 Å². The van der Waals surface area contributed by atoms with Crippen LogP contribution < -0.4 is 0 Å². The lowest BCUT2D eigenvalue weighted by Gasteiger charge is -2.15. The van der Waals surface area contributed by atoms with Crippen molar-refractivity contribution < 1.29 is 0 Å². The Morgan fingerprint density at radius 2 is 1.15 bits per heavy atom. The fourth-order valence-corrected chi connectivity index (χ4v) is 4.12. The predicted octanol–water partition coefficient (Wildman–Crippen LogP) is 7.98. The van der Waals surface area contributed by atoms with Crippen molar-refractivity contribution in [2.45, 2.75) is 0 Å². The van der Waals surface area contributed by atoms with Crippen LogP contribution in [0.2, 0.25) is 5.02 Å². The van der Waals surface area contributed by atoms with Gasteiger partial charge in [-0.15, -0.1) is 0 Å². The monoisotopic (exact) mass is 364 g/mol. The Balaban J connectivity index is 1.81. The number of fused-ring (bicyclic) bond motifs is 2. The minimum Gasteiger partial charge on any atom is -0.0836 e. The third kappa shape index (κ3) is 2.79. The molecule has 0 heterocycles. The zero-order chi connectivity index (χ0) is 18.2. The van der Waals surface area contributed by atoms with E-state index in [0.717, 1.165) is 16.1 Å². The number of hydrogen-bond acceptors (Lipinski definition) is 0. The van der Waals surface area contributed by atoms with Gasteiger partial charge in [0.1, 0.15) is 0 Å². The Kier molecular flexibility index (Phi) is 3.92. The first-order valence-electron chi connectivity index (χ1n) is 9.07. The maximum atomic E-state index is 6.73. The molecule has 27 heavy (non-hydrogen) atoms. The lowest BCUT2D eigenvalue weighted by Crippen LogP contribution is -1.88. The molecule has 0 spiro atoms. The molecule has 0 nitrogen and oxygen atoms in total. The first-order chi connectivity index (χ1) is 13.3. The highest BCUT2D eigenvalue weighted by Gasteiger charge is 2.14. The molecule has 0 N–H and O–H groups in total. The van der Waals surface area contributed by atoms with Crippen molar-refractivity contribution in [2.75, 3.05) is 0 Å². The fraction of sp³-hybridized carbons (Fsp3) is 0. The zero-order valence-electron chi connectivity index (χ0n) is 14.7. The van der Waals surface area contributed by atoms with Crippen LogP contribution in [-0.4, -0.2) is 0 Å². The molecule has 0 amide bonds. The topological polar surface area (TPSA) is 0 Å². The molecule has 0 radical (unpaired) electrons. The van der Waals surface area contributed by atoms with Crippen molar-refractivity contribution in [1.29, 1.82) is 0 Å². The van der Waals surface area contributed by atoms with Crippen molar-refractivity contribution in [3.63, 3.8) is 0 Å². The van der Waals surface area contributed by atoms with Crippen LogP contribution in [0.3, 0.4) is 0 Å². The lowest BCUT2D eigenvalue weighted by atomic mass is 9.90. The number of rotatable bonds is 2. The summed E-state index contributed by atoms with van der Waals surface area (Å²) >= 11 is 6.73. The lowest BCUT2D eigenvalue weighted by molar-refractivity contribution is 1.61. The molecule has 0 atom stereocenters. The molecular formula is C26H17Cl. The molecule has 0 saturated carbocycles. The van der Waals surface area contributed by atoms with E-state index in [-0.39, 0.29) is 0 Å². The van der Waals surface area contributed by atoms with E-state index in [2.05, 4.69) is 91.0 Å². The van der Waals surface area contributed by atoms with Crippen LogP contribution in [0.1, 0.15) is 0 Å². The first kappa shape index (κ1) is 16.1. The van der Waals surface area contributed by atoms with E-state index in [4.69, 9.17) is 11.6 Å². The molecule has 0 saturated heterocycles. The van der Waals surface area contributed by atoms with E-state index >= 15 is 0 Å². The maximum absolute atomic E-state index is 6.73. The normalized spacial score (nSPS) is 11.1. The van der Waals surface area contributed by atoms with Gasteiger partial charge < -0.3 is 0 Å². The van der Waals surface area contributed by atoms with Crippen LogP contribution in [0.15, 0.2) is 103 Å². The largest absolute Gasteiger partial charge is 0.0836 e. The Bertz CT molecular complexity index is 1280. The third-order valence-corrected chi connectivity index (χ3v) is 5.45. The average Bonchev–Trinajstić information content (AvgIpc) is 2.73. The van der Waals surface area contributed by atoms with Gasteiger partial charge in [0.25, 0.3) is 0 Å². The van der Waals surface area contributed by atoms with E-state index in [1.54, 1.807) is 0 Å². The van der Waals surface area contributed by atoms with E-state index in [1.807, 2.05) is 12.1 Å². The molecule has 5 aromatic carbocycles. The van der Waals surface area contributed by atoms with Crippen LogP contribution in [0.25, 0.3) is 43.8 Å². The van der Waals surface area contributed by atoms with Gasteiger partial charge in [-0.3, -0.25) is 0 Å². The van der Waals surface area contributed by atoms with Crippen LogP contribution in [0, 0.1) is 0 Å². The van der Waals surface area contributed by atoms with Gasteiger partial charge in [0, 0.05) is 10.6 Å². The van der Waals surface area contributed by atoms with E-state index in [9.17, 15) is 0 Å². The highest BCUT2D eigenvalue weighted by Crippen LogP contribution is 2.41. The molecular weight excluding hydrogens is 348 g/mol. The van der Waals surface area contributed by atoms with Crippen molar-refractivity contribution >= 4 is 33.1 Å². The van der Waals surface area contributed by atoms with Crippen LogP contribution >= 0.6 is 11.6 Å². The van der Waals surface area contributed by atoms with Gasteiger partial charge in [0.05, 0.1) is 0 Å². The predicted molar refractivity (Wildman–Crippen MR) is 117 cm³/mol. The molecule has 0 fully saturated rings. The molecule has 128 valence electrons. The summed E-state index contributed by atoms with van der Waals surface area (Å²) in [4.78, 5) is 0. The third-order valence-electron chi connectivity index (χ3n) is 5.13. The molecule has 0 aliphatic heterocycles. The Hall–Kier alpha value is -3.09. The first-order valence-corrected chi connectivity index (χ1v) is 9.45. The summed E-state index contributed by atoms with van der Waals surface area (Å²) in [5.41, 5.74) is 4.59. The molecule has 1 heteroatoms. The van der Waals surface area contributed by atoms with Crippen LogP contribution in [0.5, 0.6) is 0 Å². The minimum absolute atomic E-state index is 0.775. The molecule has 5 aromatic rings. The van der Waals surface area contributed by atoms with Gasteiger partial charge in [0.2, 0.25) is 0 Å². The molecule has 0 aromatic heterocycles. The average molecular weight is 365 g/mol. The second-order valence-corrected chi connectivity index (χ2v) is 7.16. The van der Waals surface area contributed by atoms with Crippen molar-refractivity contribution in [1.82, 2.24) is 0 Å². The fourth-order valence-electron chi connectivity index (χ4n) is 3.84. The molecule has 0 aliphatic carbocycles. The van der Waals surface area contributed by atoms with Gasteiger partial charge in [-0.05, 0) is 50.4 Å². The van der Waals surface area contributed by atoms with E-state index < -0.39 is 0 Å². The summed E-state index contributed by atoms with van der Waals surface area (Å²) in [6, 6.07) is 36.1. The van der Waals surface area contributed by atoms with Crippen molar-refractivity contribution in [3.05, 3.63) is 108 Å². The summed E-state index contributed by atoms with van der Waals surface area (Å²) in [6.07, 6.45) is 0. The molecule has 5 rings (SSSR count). The summed E-state index contributed by atoms with van der Waals surface area (Å²) in [5.74, 6) is 0. The van der Waals surface area contributed by atoms with Gasteiger partial charge in [-0.2, -0.15) is 0 Å². The minimum atomic E-state index is 0.775. The van der Waals surface area contributed by atoms with Gasteiger partial charge in [-0.1, -0.05) is 103 Å².